The minimum Gasteiger partial charge on any atom is -0.480 e. The number of aliphatic carboxylic acids is 1. The van der Waals surface area contributed by atoms with Crippen LogP contribution < -0.4 is 10.6 Å². The van der Waals surface area contributed by atoms with Crippen molar-refractivity contribution in [2.45, 2.75) is 33.3 Å². The Kier molecular flexibility index (Phi) is 13.8. The van der Waals surface area contributed by atoms with E-state index in [4.69, 9.17) is 28.8 Å². The number of benzene rings is 1. The molecule has 1 rings (SSSR count). The van der Waals surface area contributed by atoms with Gasteiger partial charge in [-0.25, -0.2) is 9.59 Å². The molecule has 0 radical (unpaired) electrons. The molecule has 0 spiro atoms. The van der Waals surface area contributed by atoms with Crippen molar-refractivity contribution < 1.29 is 43.2 Å². The number of hydrogen-bond donors (Lipinski definition) is 3. The summed E-state index contributed by atoms with van der Waals surface area (Å²) < 4.78 is 26.0. The number of carbonyl (C=O) groups is 3. The maximum absolute atomic E-state index is 12.3. The number of rotatable bonds is 16. The summed E-state index contributed by atoms with van der Waals surface area (Å²) in [4.78, 5) is 34.5. The minimum atomic E-state index is -1.01. The number of carboxylic acids is 1. The van der Waals surface area contributed by atoms with Crippen LogP contribution in [0.25, 0.3) is 0 Å². The zero-order valence-electron chi connectivity index (χ0n) is 20.3. The van der Waals surface area contributed by atoms with Crippen molar-refractivity contribution in [3.8, 4) is 0 Å². The number of nitrogens with one attached hydrogen (secondary N) is 2. The van der Waals surface area contributed by atoms with Crippen LogP contribution in [0.15, 0.2) is 18.2 Å². The zero-order valence-corrected chi connectivity index (χ0v) is 20.3. The highest BCUT2D eigenvalue weighted by Crippen LogP contribution is 2.18. The maximum Gasteiger partial charge on any atom is 0.412 e. The van der Waals surface area contributed by atoms with E-state index < -0.39 is 17.7 Å². The molecule has 2 amide bonds. The van der Waals surface area contributed by atoms with Crippen LogP contribution in [-0.4, -0.2) is 88.1 Å². The number of carboxylic acid groups (broad SMARTS) is 1. The highest BCUT2D eigenvalue weighted by atomic mass is 16.6. The van der Waals surface area contributed by atoms with Gasteiger partial charge in [0.25, 0.3) is 5.91 Å². The van der Waals surface area contributed by atoms with Gasteiger partial charge in [-0.1, -0.05) is 0 Å². The fourth-order valence-corrected chi connectivity index (χ4v) is 2.52. The van der Waals surface area contributed by atoms with Crippen molar-refractivity contribution in [3.05, 3.63) is 29.3 Å². The predicted molar refractivity (Wildman–Crippen MR) is 124 cm³/mol. The largest absolute Gasteiger partial charge is 0.480 e. The van der Waals surface area contributed by atoms with E-state index in [9.17, 15) is 14.4 Å². The topological polar surface area (TPSA) is 142 Å². The Morgan fingerprint density at radius 1 is 0.882 bits per heavy atom. The summed E-state index contributed by atoms with van der Waals surface area (Å²) >= 11 is 0. The number of hydrogen-bond acceptors (Lipinski definition) is 8. The van der Waals surface area contributed by atoms with Gasteiger partial charge >= 0.3 is 12.1 Å². The smallest absolute Gasteiger partial charge is 0.412 e. The van der Waals surface area contributed by atoms with Gasteiger partial charge in [-0.05, 0) is 51.5 Å². The molecule has 0 fully saturated rings. The average molecular weight is 485 g/mol. The molecule has 1 aromatic rings. The van der Waals surface area contributed by atoms with Gasteiger partial charge in [-0.3, -0.25) is 10.1 Å². The highest BCUT2D eigenvalue weighted by Gasteiger charge is 2.17. The van der Waals surface area contributed by atoms with Crippen LogP contribution in [0.5, 0.6) is 0 Å². The molecule has 0 aliphatic heterocycles. The molecule has 0 aromatic heterocycles. The molecule has 192 valence electrons. The van der Waals surface area contributed by atoms with Crippen LogP contribution >= 0.6 is 0 Å². The molecule has 1 aromatic carbocycles. The summed E-state index contributed by atoms with van der Waals surface area (Å²) in [6.45, 7) is 9.53. The first kappa shape index (κ1) is 29.3. The van der Waals surface area contributed by atoms with Gasteiger partial charge in [0, 0.05) is 17.8 Å². The summed E-state index contributed by atoms with van der Waals surface area (Å²) in [6.07, 6.45) is -0.552. The van der Waals surface area contributed by atoms with Crippen molar-refractivity contribution in [1.82, 2.24) is 5.32 Å². The number of ether oxygens (including phenoxy) is 5. The van der Waals surface area contributed by atoms with Crippen molar-refractivity contribution in [3.63, 3.8) is 0 Å². The molecule has 11 heteroatoms. The SMILES string of the molecule is Cc1cc(C(=O)NCCOCCOCCOCCOCC(=O)O)ccc1NC(=O)OC(C)(C)C. The first-order chi connectivity index (χ1) is 16.1. The lowest BCUT2D eigenvalue weighted by atomic mass is 10.1. The van der Waals surface area contributed by atoms with Crippen LogP contribution in [0.1, 0.15) is 36.7 Å². The third-order valence-corrected chi connectivity index (χ3v) is 4.00. The van der Waals surface area contributed by atoms with Crippen LogP contribution in [0, 0.1) is 6.92 Å². The van der Waals surface area contributed by atoms with Crippen LogP contribution in [0.3, 0.4) is 0 Å². The fraction of sp³-hybridized carbons (Fsp3) is 0.609. The molecule has 0 saturated carbocycles. The van der Waals surface area contributed by atoms with Gasteiger partial charge in [0.1, 0.15) is 12.2 Å². The highest BCUT2D eigenvalue weighted by molar-refractivity contribution is 5.95. The van der Waals surface area contributed by atoms with Crippen molar-refractivity contribution >= 4 is 23.7 Å². The van der Waals surface area contributed by atoms with E-state index in [0.717, 1.165) is 5.56 Å². The first-order valence-corrected chi connectivity index (χ1v) is 11.0. The molecular formula is C23H36N2O9. The average Bonchev–Trinajstić information content (AvgIpc) is 2.73. The molecule has 3 N–H and O–H groups in total. The predicted octanol–water partition coefficient (Wildman–Crippen LogP) is 2.22. The Bertz CT molecular complexity index is 778. The quantitative estimate of drug-likeness (QED) is 0.301. The van der Waals surface area contributed by atoms with Crippen molar-refractivity contribution in [2.75, 3.05) is 64.7 Å². The third-order valence-electron chi connectivity index (χ3n) is 4.00. The summed E-state index contributed by atoms with van der Waals surface area (Å²) in [5, 5.41) is 13.9. The van der Waals surface area contributed by atoms with E-state index in [1.54, 1.807) is 45.9 Å². The molecule has 34 heavy (non-hydrogen) atoms. The van der Waals surface area contributed by atoms with Crippen LogP contribution in [-0.2, 0) is 28.5 Å². The molecule has 11 nitrogen and oxygen atoms in total. The fourth-order valence-electron chi connectivity index (χ4n) is 2.52. The second-order valence-corrected chi connectivity index (χ2v) is 8.20. The Morgan fingerprint density at radius 3 is 1.97 bits per heavy atom. The molecular weight excluding hydrogens is 448 g/mol. The lowest BCUT2D eigenvalue weighted by molar-refractivity contribution is -0.142. The lowest BCUT2D eigenvalue weighted by Gasteiger charge is -2.20. The second kappa shape index (κ2) is 16.0. The molecule has 0 heterocycles. The van der Waals surface area contributed by atoms with E-state index in [2.05, 4.69) is 10.6 Å². The van der Waals surface area contributed by atoms with Gasteiger partial charge in [0.05, 0.1) is 46.2 Å². The maximum atomic E-state index is 12.3. The summed E-state index contributed by atoms with van der Waals surface area (Å²) in [6, 6.07) is 4.98. The summed E-state index contributed by atoms with van der Waals surface area (Å²) in [7, 11) is 0. The van der Waals surface area contributed by atoms with Crippen molar-refractivity contribution in [2.24, 2.45) is 0 Å². The second-order valence-electron chi connectivity index (χ2n) is 8.20. The van der Waals surface area contributed by atoms with E-state index in [1.165, 1.54) is 0 Å². The summed E-state index contributed by atoms with van der Waals surface area (Å²) in [5.41, 5.74) is 1.19. The van der Waals surface area contributed by atoms with Gasteiger partial charge in [0.2, 0.25) is 0 Å². The summed E-state index contributed by atoms with van der Waals surface area (Å²) in [5.74, 6) is -1.25. The van der Waals surface area contributed by atoms with E-state index >= 15 is 0 Å². The van der Waals surface area contributed by atoms with Crippen LogP contribution in [0.2, 0.25) is 0 Å². The Labute approximate surface area is 200 Å². The number of carbonyl (C=O) groups excluding carboxylic acids is 2. The standard InChI is InChI=1S/C23H36N2O9/c1-17-15-18(5-6-19(17)25-22(29)34-23(2,3)4)21(28)24-7-8-30-9-10-31-11-12-32-13-14-33-16-20(26)27/h5-6,15H,7-14,16H2,1-4H3,(H,24,28)(H,25,29)(H,26,27). The van der Waals surface area contributed by atoms with Crippen molar-refractivity contribution in [1.29, 1.82) is 0 Å². The molecule has 0 unspecified atom stereocenters. The van der Waals surface area contributed by atoms with E-state index in [0.29, 0.717) is 57.4 Å². The Balaban J connectivity index is 2.11. The van der Waals surface area contributed by atoms with Gasteiger partial charge in [-0.2, -0.15) is 0 Å². The molecule has 0 bridgehead atoms. The normalized spacial score (nSPS) is 11.2. The number of aryl methyl sites for hydroxylation is 1. The molecule has 0 atom stereocenters. The third kappa shape index (κ3) is 14.4. The van der Waals surface area contributed by atoms with Gasteiger partial charge in [0.15, 0.2) is 0 Å². The Morgan fingerprint density at radius 2 is 1.44 bits per heavy atom. The lowest BCUT2D eigenvalue weighted by Crippen LogP contribution is -2.28. The van der Waals surface area contributed by atoms with Crippen LogP contribution in [0.4, 0.5) is 10.5 Å². The molecule has 0 aliphatic rings. The molecule has 0 saturated heterocycles. The first-order valence-electron chi connectivity index (χ1n) is 11.0. The Hall–Kier alpha value is -2.73. The zero-order chi connectivity index (χ0) is 25.4. The monoisotopic (exact) mass is 484 g/mol. The number of amides is 2. The minimum absolute atomic E-state index is 0.216. The number of anilines is 1. The van der Waals surface area contributed by atoms with Gasteiger partial charge in [-0.15, -0.1) is 0 Å². The van der Waals surface area contributed by atoms with E-state index in [1.807, 2.05) is 0 Å². The van der Waals surface area contributed by atoms with E-state index in [-0.39, 0.29) is 19.1 Å². The van der Waals surface area contributed by atoms with Gasteiger partial charge < -0.3 is 34.1 Å². The molecule has 0 aliphatic carbocycles.